The van der Waals surface area contributed by atoms with Gasteiger partial charge in [-0.1, -0.05) is 0 Å². The standard InChI is InChI=1S/C11H22N2O/c1-5-13(9(2)3)10(14)11(4)6-7-12-8-11/h9,12H,5-8H2,1-4H3. The summed E-state index contributed by atoms with van der Waals surface area (Å²) >= 11 is 0. The molecule has 3 heteroatoms. The number of amides is 1. The van der Waals surface area contributed by atoms with Crippen LogP contribution in [-0.2, 0) is 4.79 Å². The number of hydrogen-bond donors (Lipinski definition) is 1. The first-order chi connectivity index (χ1) is 6.51. The van der Waals surface area contributed by atoms with E-state index in [1.807, 2.05) is 11.8 Å². The van der Waals surface area contributed by atoms with Crippen molar-refractivity contribution in [3.8, 4) is 0 Å². The molecule has 1 N–H and O–H groups in total. The van der Waals surface area contributed by atoms with Gasteiger partial charge in [-0.3, -0.25) is 4.79 Å². The predicted octanol–water partition coefficient (Wildman–Crippen LogP) is 1.24. The van der Waals surface area contributed by atoms with Crippen LogP contribution in [0.1, 0.15) is 34.1 Å². The van der Waals surface area contributed by atoms with E-state index in [2.05, 4.69) is 26.1 Å². The normalized spacial score (nSPS) is 26.9. The molecule has 0 aromatic heterocycles. The molecule has 1 rings (SSSR count). The Morgan fingerprint density at radius 1 is 1.57 bits per heavy atom. The highest BCUT2D eigenvalue weighted by atomic mass is 16.2. The Labute approximate surface area is 86.9 Å². The van der Waals surface area contributed by atoms with Crippen LogP contribution >= 0.6 is 0 Å². The minimum atomic E-state index is -0.166. The lowest BCUT2D eigenvalue weighted by molar-refractivity contribution is -0.141. The van der Waals surface area contributed by atoms with Gasteiger partial charge in [-0.25, -0.2) is 0 Å². The Morgan fingerprint density at radius 2 is 2.21 bits per heavy atom. The first-order valence-electron chi connectivity index (χ1n) is 5.53. The van der Waals surface area contributed by atoms with Crippen LogP contribution in [0, 0.1) is 5.41 Å². The Bertz CT molecular complexity index is 207. The van der Waals surface area contributed by atoms with Gasteiger partial charge >= 0.3 is 0 Å². The highest BCUT2D eigenvalue weighted by Gasteiger charge is 2.39. The monoisotopic (exact) mass is 198 g/mol. The first-order valence-corrected chi connectivity index (χ1v) is 5.53. The molecule has 0 aromatic rings. The van der Waals surface area contributed by atoms with Crippen LogP contribution in [0.15, 0.2) is 0 Å². The summed E-state index contributed by atoms with van der Waals surface area (Å²) in [5.74, 6) is 0.306. The van der Waals surface area contributed by atoms with Gasteiger partial charge in [0.15, 0.2) is 0 Å². The molecule has 1 unspecified atom stereocenters. The lowest BCUT2D eigenvalue weighted by Crippen LogP contribution is -2.46. The van der Waals surface area contributed by atoms with Crippen molar-refractivity contribution in [2.24, 2.45) is 5.41 Å². The van der Waals surface area contributed by atoms with Crippen LogP contribution < -0.4 is 5.32 Å². The number of carbonyl (C=O) groups is 1. The highest BCUT2D eigenvalue weighted by Crippen LogP contribution is 2.27. The number of nitrogens with one attached hydrogen (secondary N) is 1. The van der Waals surface area contributed by atoms with E-state index in [9.17, 15) is 4.79 Å². The smallest absolute Gasteiger partial charge is 0.230 e. The summed E-state index contributed by atoms with van der Waals surface area (Å²) in [4.78, 5) is 14.2. The van der Waals surface area contributed by atoms with Gasteiger partial charge in [0.2, 0.25) is 5.91 Å². The third kappa shape index (κ3) is 2.08. The van der Waals surface area contributed by atoms with Crippen molar-refractivity contribution in [3.05, 3.63) is 0 Å². The van der Waals surface area contributed by atoms with Crippen molar-refractivity contribution < 1.29 is 4.79 Å². The zero-order valence-corrected chi connectivity index (χ0v) is 9.76. The average molecular weight is 198 g/mol. The molecule has 3 nitrogen and oxygen atoms in total. The van der Waals surface area contributed by atoms with Crippen LogP contribution in [0.5, 0.6) is 0 Å². The molecule has 0 aromatic carbocycles. The fraction of sp³-hybridized carbons (Fsp3) is 0.909. The summed E-state index contributed by atoms with van der Waals surface area (Å²) in [5, 5.41) is 3.26. The van der Waals surface area contributed by atoms with Crippen molar-refractivity contribution in [2.75, 3.05) is 19.6 Å². The van der Waals surface area contributed by atoms with Crippen LogP contribution in [0.4, 0.5) is 0 Å². The van der Waals surface area contributed by atoms with Gasteiger partial charge < -0.3 is 10.2 Å². The summed E-state index contributed by atoms with van der Waals surface area (Å²) < 4.78 is 0. The minimum Gasteiger partial charge on any atom is -0.340 e. The molecule has 0 bridgehead atoms. The molecule has 0 aliphatic carbocycles. The molecular formula is C11H22N2O. The van der Waals surface area contributed by atoms with Crippen LogP contribution in [-0.4, -0.2) is 36.5 Å². The molecule has 1 aliphatic rings. The largest absolute Gasteiger partial charge is 0.340 e. The van der Waals surface area contributed by atoms with Crippen molar-refractivity contribution in [3.63, 3.8) is 0 Å². The van der Waals surface area contributed by atoms with Crippen molar-refractivity contribution >= 4 is 5.91 Å². The second-order valence-electron chi connectivity index (χ2n) is 4.67. The third-order valence-corrected chi connectivity index (χ3v) is 3.11. The molecule has 1 saturated heterocycles. The molecule has 1 aliphatic heterocycles. The lowest BCUT2D eigenvalue weighted by atomic mass is 9.87. The van der Waals surface area contributed by atoms with E-state index in [0.29, 0.717) is 11.9 Å². The van der Waals surface area contributed by atoms with Gasteiger partial charge in [0.1, 0.15) is 0 Å². The second kappa shape index (κ2) is 4.30. The van der Waals surface area contributed by atoms with Crippen molar-refractivity contribution in [1.82, 2.24) is 10.2 Å². The Kier molecular flexibility index (Phi) is 3.53. The van der Waals surface area contributed by atoms with Crippen LogP contribution in [0.3, 0.4) is 0 Å². The zero-order chi connectivity index (χ0) is 10.8. The fourth-order valence-electron chi connectivity index (χ4n) is 2.09. The molecule has 0 saturated carbocycles. The van der Waals surface area contributed by atoms with Crippen LogP contribution in [0.2, 0.25) is 0 Å². The van der Waals surface area contributed by atoms with Gasteiger partial charge in [-0.05, 0) is 40.7 Å². The zero-order valence-electron chi connectivity index (χ0n) is 9.76. The maximum absolute atomic E-state index is 12.2. The van der Waals surface area contributed by atoms with E-state index < -0.39 is 0 Å². The quantitative estimate of drug-likeness (QED) is 0.740. The molecule has 1 atom stereocenters. The molecular weight excluding hydrogens is 176 g/mol. The topological polar surface area (TPSA) is 32.3 Å². The van der Waals surface area contributed by atoms with Gasteiger partial charge in [-0.2, -0.15) is 0 Å². The number of carbonyl (C=O) groups excluding carboxylic acids is 1. The van der Waals surface area contributed by atoms with Crippen molar-refractivity contribution in [1.29, 1.82) is 0 Å². The number of rotatable bonds is 3. The summed E-state index contributed by atoms with van der Waals surface area (Å²) in [6.07, 6.45) is 0.967. The summed E-state index contributed by atoms with van der Waals surface area (Å²) in [7, 11) is 0. The van der Waals surface area contributed by atoms with Crippen molar-refractivity contribution in [2.45, 2.75) is 40.2 Å². The Hall–Kier alpha value is -0.570. The summed E-state index contributed by atoms with van der Waals surface area (Å²) in [6, 6.07) is 0.310. The average Bonchev–Trinajstić information content (AvgIpc) is 2.54. The van der Waals surface area contributed by atoms with E-state index in [4.69, 9.17) is 0 Å². The van der Waals surface area contributed by atoms with Crippen LogP contribution in [0.25, 0.3) is 0 Å². The number of hydrogen-bond acceptors (Lipinski definition) is 2. The molecule has 0 radical (unpaired) electrons. The Morgan fingerprint density at radius 3 is 2.57 bits per heavy atom. The van der Waals surface area contributed by atoms with E-state index >= 15 is 0 Å². The fourth-order valence-corrected chi connectivity index (χ4v) is 2.09. The summed E-state index contributed by atoms with van der Waals surface area (Å²) in [6.45, 7) is 10.9. The van der Waals surface area contributed by atoms with E-state index in [0.717, 1.165) is 26.1 Å². The molecule has 1 amide bonds. The van der Waals surface area contributed by atoms with Gasteiger partial charge in [0.05, 0.1) is 5.41 Å². The second-order valence-corrected chi connectivity index (χ2v) is 4.67. The molecule has 1 fully saturated rings. The maximum Gasteiger partial charge on any atom is 0.230 e. The molecule has 1 heterocycles. The van der Waals surface area contributed by atoms with E-state index in [1.54, 1.807) is 0 Å². The maximum atomic E-state index is 12.2. The lowest BCUT2D eigenvalue weighted by Gasteiger charge is -2.33. The summed E-state index contributed by atoms with van der Waals surface area (Å²) in [5.41, 5.74) is -0.166. The van der Waals surface area contributed by atoms with Gasteiger partial charge in [0.25, 0.3) is 0 Å². The Balaban J connectivity index is 2.71. The predicted molar refractivity (Wildman–Crippen MR) is 58.1 cm³/mol. The highest BCUT2D eigenvalue weighted by molar-refractivity contribution is 5.83. The molecule has 0 spiro atoms. The minimum absolute atomic E-state index is 0.166. The first kappa shape index (κ1) is 11.5. The van der Waals surface area contributed by atoms with Gasteiger partial charge in [0, 0.05) is 19.1 Å². The molecule has 82 valence electrons. The van der Waals surface area contributed by atoms with E-state index in [-0.39, 0.29) is 5.41 Å². The SMILES string of the molecule is CCN(C(=O)C1(C)CCNC1)C(C)C. The molecule has 14 heavy (non-hydrogen) atoms. The van der Waals surface area contributed by atoms with Gasteiger partial charge in [-0.15, -0.1) is 0 Å². The number of nitrogens with zero attached hydrogens (tertiary/aromatic N) is 1. The van der Waals surface area contributed by atoms with E-state index in [1.165, 1.54) is 0 Å². The third-order valence-electron chi connectivity index (χ3n) is 3.11.